The number of para-hydroxylation sites is 1. The minimum atomic E-state index is -0.438. The van der Waals surface area contributed by atoms with Gasteiger partial charge >= 0.3 is 0 Å². The highest BCUT2D eigenvalue weighted by molar-refractivity contribution is 6.04. The standard InChI is InChI=1S/C20H20N4O3/c1-27-16-10-6-5-9-15(16)12-22-20(26)18-17(23-13-24-18)19(25)21-11-14-7-3-2-4-8-14/h2-10,13H,11-12H2,1H3,(H,21,25)(H,22,26)(H,23,24). The van der Waals surface area contributed by atoms with Gasteiger partial charge in [0, 0.05) is 18.7 Å². The summed E-state index contributed by atoms with van der Waals surface area (Å²) >= 11 is 0. The quantitative estimate of drug-likeness (QED) is 0.599. The summed E-state index contributed by atoms with van der Waals surface area (Å²) in [4.78, 5) is 31.6. The van der Waals surface area contributed by atoms with E-state index in [0.29, 0.717) is 12.3 Å². The van der Waals surface area contributed by atoms with Crippen molar-refractivity contribution in [2.75, 3.05) is 7.11 Å². The fourth-order valence-corrected chi connectivity index (χ4v) is 2.61. The lowest BCUT2D eigenvalue weighted by Crippen LogP contribution is -2.29. The average Bonchev–Trinajstić information content (AvgIpc) is 3.21. The summed E-state index contributed by atoms with van der Waals surface area (Å²) in [6, 6.07) is 16.9. The molecule has 1 heterocycles. The number of hydrogen-bond donors (Lipinski definition) is 3. The van der Waals surface area contributed by atoms with Gasteiger partial charge in [-0.1, -0.05) is 48.5 Å². The first-order chi connectivity index (χ1) is 13.2. The minimum absolute atomic E-state index is 0.0514. The van der Waals surface area contributed by atoms with Crippen LogP contribution < -0.4 is 15.4 Å². The maximum Gasteiger partial charge on any atom is 0.272 e. The zero-order valence-corrected chi connectivity index (χ0v) is 14.9. The van der Waals surface area contributed by atoms with Crippen LogP contribution in [0.2, 0.25) is 0 Å². The van der Waals surface area contributed by atoms with Gasteiger partial charge in [-0.25, -0.2) is 4.98 Å². The van der Waals surface area contributed by atoms with E-state index in [0.717, 1.165) is 11.1 Å². The SMILES string of the molecule is COc1ccccc1CNC(=O)c1nc[nH]c1C(=O)NCc1ccccc1. The average molecular weight is 364 g/mol. The van der Waals surface area contributed by atoms with Gasteiger partial charge < -0.3 is 20.4 Å². The fourth-order valence-electron chi connectivity index (χ4n) is 2.61. The number of carbonyl (C=O) groups excluding carboxylic acids is 2. The number of imidazole rings is 1. The van der Waals surface area contributed by atoms with Gasteiger partial charge in [0.25, 0.3) is 11.8 Å². The lowest BCUT2D eigenvalue weighted by atomic mass is 10.2. The van der Waals surface area contributed by atoms with Crippen LogP contribution in [0.4, 0.5) is 0 Å². The Morgan fingerprint density at radius 3 is 2.44 bits per heavy atom. The first-order valence-electron chi connectivity index (χ1n) is 8.44. The molecule has 3 rings (SSSR count). The zero-order valence-electron chi connectivity index (χ0n) is 14.9. The number of rotatable bonds is 7. The van der Waals surface area contributed by atoms with Gasteiger partial charge in [0.1, 0.15) is 11.4 Å². The third-order valence-corrected chi connectivity index (χ3v) is 4.01. The summed E-state index contributed by atoms with van der Waals surface area (Å²) in [5, 5.41) is 5.54. The van der Waals surface area contributed by atoms with Crippen molar-refractivity contribution in [2.45, 2.75) is 13.1 Å². The monoisotopic (exact) mass is 364 g/mol. The molecular weight excluding hydrogens is 344 g/mol. The second-order valence-electron chi connectivity index (χ2n) is 5.79. The van der Waals surface area contributed by atoms with Crippen LogP contribution in [0, 0.1) is 0 Å². The summed E-state index contributed by atoms with van der Waals surface area (Å²) in [5.74, 6) is -0.147. The molecule has 7 heteroatoms. The number of benzene rings is 2. The van der Waals surface area contributed by atoms with E-state index < -0.39 is 11.8 Å². The van der Waals surface area contributed by atoms with E-state index in [4.69, 9.17) is 4.74 Å². The van der Waals surface area contributed by atoms with Crippen molar-refractivity contribution in [3.05, 3.63) is 83.4 Å². The van der Waals surface area contributed by atoms with Crippen molar-refractivity contribution in [1.29, 1.82) is 0 Å². The fraction of sp³-hybridized carbons (Fsp3) is 0.150. The van der Waals surface area contributed by atoms with Gasteiger partial charge in [0.05, 0.1) is 13.4 Å². The molecule has 0 spiro atoms. The summed E-state index contributed by atoms with van der Waals surface area (Å²) in [6.45, 7) is 0.627. The first-order valence-corrected chi connectivity index (χ1v) is 8.44. The molecule has 3 aromatic rings. The molecular formula is C20H20N4O3. The molecule has 0 bridgehead atoms. The lowest BCUT2D eigenvalue weighted by Gasteiger charge is -2.09. The van der Waals surface area contributed by atoms with Gasteiger partial charge in [0.15, 0.2) is 5.69 Å². The van der Waals surface area contributed by atoms with Crippen molar-refractivity contribution in [1.82, 2.24) is 20.6 Å². The Morgan fingerprint density at radius 1 is 0.963 bits per heavy atom. The summed E-state index contributed by atoms with van der Waals surface area (Å²) in [7, 11) is 1.57. The Labute approximate surface area is 156 Å². The first kappa shape index (κ1) is 18.2. The molecule has 2 aromatic carbocycles. The molecule has 0 fully saturated rings. The van der Waals surface area contributed by atoms with Gasteiger partial charge in [-0.2, -0.15) is 0 Å². The predicted molar refractivity (Wildman–Crippen MR) is 100 cm³/mol. The highest BCUT2D eigenvalue weighted by Crippen LogP contribution is 2.17. The number of amides is 2. The predicted octanol–water partition coefficient (Wildman–Crippen LogP) is 2.28. The molecule has 27 heavy (non-hydrogen) atoms. The van der Waals surface area contributed by atoms with E-state index in [-0.39, 0.29) is 17.9 Å². The smallest absolute Gasteiger partial charge is 0.272 e. The molecule has 0 saturated heterocycles. The van der Waals surface area contributed by atoms with Crippen LogP contribution in [0.15, 0.2) is 60.9 Å². The summed E-state index contributed by atoms with van der Waals surface area (Å²) in [6.07, 6.45) is 1.33. The van der Waals surface area contributed by atoms with Gasteiger partial charge in [-0.3, -0.25) is 9.59 Å². The molecule has 0 saturated carbocycles. The van der Waals surface area contributed by atoms with E-state index in [1.807, 2.05) is 54.6 Å². The number of methoxy groups -OCH3 is 1. The second-order valence-corrected chi connectivity index (χ2v) is 5.79. The van der Waals surface area contributed by atoms with Crippen LogP contribution in [-0.4, -0.2) is 28.9 Å². The minimum Gasteiger partial charge on any atom is -0.496 e. The number of aromatic amines is 1. The Hall–Kier alpha value is -3.61. The molecule has 3 N–H and O–H groups in total. The van der Waals surface area contributed by atoms with E-state index in [1.54, 1.807) is 7.11 Å². The maximum absolute atomic E-state index is 12.5. The number of aromatic nitrogens is 2. The number of nitrogens with zero attached hydrogens (tertiary/aromatic N) is 1. The second kappa shape index (κ2) is 8.66. The van der Waals surface area contributed by atoms with Gasteiger partial charge in [-0.15, -0.1) is 0 Å². The largest absolute Gasteiger partial charge is 0.496 e. The van der Waals surface area contributed by atoms with Gasteiger partial charge in [0.2, 0.25) is 0 Å². The molecule has 0 aliphatic rings. The number of ether oxygens (including phenoxy) is 1. The van der Waals surface area contributed by atoms with Crippen molar-refractivity contribution < 1.29 is 14.3 Å². The van der Waals surface area contributed by atoms with Crippen LogP contribution in [0.5, 0.6) is 5.75 Å². The zero-order chi connectivity index (χ0) is 19.1. The Bertz CT molecular complexity index is 922. The molecule has 1 aromatic heterocycles. The van der Waals surface area contributed by atoms with E-state index >= 15 is 0 Å². The van der Waals surface area contributed by atoms with Crippen LogP contribution in [0.25, 0.3) is 0 Å². The molecule has 2 amide bonds. The van der Waals surface area contributed by atoms with Crippen LogP contribution in [-0.2, 0) is 13.1 Å². The summed E-state index contributed by atoms with van der Waals surface area (Å²) < 4.78 is 5.27. The van der Waals surface area contributed by atoms with Crippen LogP contribution >= 0.6 is 0 Å². The van der Waals surface area contributed by atoms with Gasteiger partial charge in [-0.05, 0) is 11.6 Å². The number of nitrogens with one attached hydrogen (secondary N) is 3. The lowest BCUT2D eigenvalue weighted by molar-refractivity contribution is 0.0911. The molecule has 0 atom stereocenters. The Balaban J connectivity index is 1.63. The van der Waals surface area contributed by atoms with Crippen LogP contribution in [0.3, 0.4) is 0 Å². The molecule has 7 nitrogen and oxygen atoms in total. The topological polar surface area (TPSA) is 96.1 Å². The van der Waals surface area contributed by atoms with E-state index in [1.165, 1.54) is 6.33 Å². The van der Waals surface area contributed by atoms with E-state index in [9.17, 15) is 9.59 Å². The molecule has 0 aliphatic heterocycles. The highest BCUT2D eigenvalue weighted by atomic mass is 16.5. The normalized spacial score (nSPS) is 10.3. The van der Waals surface area contributed by atoms with E-state index in [2.05, 4.69) is 20.6 Å². The van der Waals surface area contributed by atoms with Crippen molar-refractivity contribution >= 4 is 11.8 Å². The molecule has 0 aliphatic carbocycles. The number of hydrogen-bond acceptors (Lipinski definition) is 4. The van der Waals surface area contributed by atoms with Crippen LogP contribution in [0.1, 0.15) is 32.1 Å². The van der Waals surface area contributed by atoms with Crippen molar-refractivity contribution in [3.8, 4) is 5.75 Å². The third-order valence-electron chi connectivity index (χ3n) is 4.01. The number of carbonyl (C=O) groups is 2. The highest BCUT2D eigenvalue weighted by Gasteiger charge is 2.20. The Kier molecular flexibility index (Phi) is 5.84. The maximum atomic E-state index is 12.5. The summed E-state index contributed by atoms with van der Waals surface area (Å²) in [5.41, 5.74) is 1.98. The molecule has 0 unspecified atom stereocenters. The Morgan fingerprint density at radius 2 is 1.67 bits per heavy atom. The molecule has 138 valence electrons. The van der Waals surface area contributed by atoms with Crippen molar-refractivity contribution in [3.63, 3.8) is 0 Å². The number of H-pyrrole nitrogens is 1. The van der Waals surface area contributed by atoms with Crippen molar-refractivity contribution in [2.24, 2.45) is 0 Å². The molecule has 0 radical (unpaired) electrons. The third kappa shape index (κ3) is 4.52.